The number of hydrogen-bond acceptors (Lipinski definition) is 3. The van der Waals surface area contributed by atoms with E-state index in [9.17, 15) is 9.59 Å². The second-order valence-corrected chi connectivity index (χ2v) is 10.9. The van der Waals surface area contributed by atoms with Crippen molar-refractivity contribution in [2.45, 2.75) is 70.8 Å². The number of hydrogen-bond donors (Lipinski definition) is 1. The molecule has 0 aromatic heterocycles. The summed E-state index contributed by atoms with van der Waals surface area (Å²) in [5.41, 5.74) is 5.84. The molecule has 5 heteroatoms. The van der Waals surface area contributed by atoms with E-state index in [-0.39, 0.29) is 22.8 Å². The Kier molecular flexibility index (Phi) is 4.12. The van der Waals surface area contributed by atoms with Gasteiger partial charge in [-0.2, -0.15) is 0 Å². The van der Waals surface area contributed by atoms with E-state index in [0.29, 0.717) is 12.5 Å². The van der Waals surface area contributed by atoms with Crippen molar-refractivity contribution in [3.8, 4) is 0 Å². The fraction of sp³-hybridized carbons (Fsp3) is 0.909. The Morgan fingerprint density at radius 3 is 2.22 bits per heavy atom. The number of carbonyl (C=O) groups excluding carboxylic acids is 2. The predicted molar refractivity (Wildman–Crippen MR) is 104 cm³/mol. The van der Waals surface area contributed by atoms with E-state index in [0.717, 1.165) is 75.9 Å². The zero-order valence-electron chi connectivity index (χ0n) is 16.8. The normalized spacial score (nSPS) is 45.7. The smallest absolute Gasteiger partial charge is 0.245 e. The number of amides is 2. The number of carbonyl (C=O) groups is 2. The van der Waals surface area contributed by atoms with E-state index < -0.39 is 0 Å². The highest BCUT2D eigenvalue weighted by Gasteiger charge is 2.57. The minimum absolute atomic E-state index is 0.0447. The Balaban J connectivity index is 1.33. The fourth-order valence-electron chi connectivity index (χ4n) is 7.53. The third-order valence-corrected chi connectivity index (χ3v) is 8.65. The Labute approximate surface area is 163 Å². The quantitative estimate of drug-likeness (QED) is 0.826. The standard InChI is InChI=1S/C22H35N3O2/c1-21(13-23)4-6-24(14-21)19(26)18-3-2-5-25(18)20(27)22-10-15-7-16(11-22)9-17(8-15)12-22/h15-18H,2-14,23H2,1H3. The molecule has 150 valence electrons. The SMILES string of the molecule is CC1(CN)CCN(C(=O)C2CCCN2C(=O)C23CC4CC(CC(C4)C2)C3)C1. The molecule has 27 heavy (non-hydrogen) atoms. The van der Waals surface area contributed by atoms with Crippen LogP contribution in [-0.4, -0.2) is 53.8 Å². The molecule has 2 atom stereocenters. The molecular weight excluding hydrogens is 338 g/mol. The molecule has 0 radical (unpaired) electrons. The summed E-state index contributed by atoms with van der Waals surface area (Å²) in [5, 5.41) is 0. The molecule has 4 bridgehead atoms. The van der Waals surface area contributed by atoms with E-state index >= 15 is 0 Å². The third kappa shape index (κ3) is 2.83. The summed E-state index contributed by atoms with van der Waals surface area (Å²) >= 11 is 0. The van der Waals surface area contributed by atoms with Gasteiger partial charge in [0, 0.05) is 19.6 Å². The summed E-state index contributed by atoms with van der Waals surface area (Å²) in [5.74, 6) is 2.81. The second-order valence-electron chi connectivity index (χ2n) is 10.9. The first-order valence-electron chi connectivity index (χ1n) is 11.2. The summed E-state index contributed by atoms with van der Waals surface area (Å²) in [6.07, 6.45) is 10.1. The van der Waals surface area contributed by atoms with Crippen molar-refractivity contribution in [2.24, 2.45) is 34.3 Å². The van der Waals surface area contributed by atoms with Crippen LogP contribution in [0.15, 0.2) is 0 Å². The summed E-state index contributed by atoms with van der Waals surface area (Å²) < 4.78 is 0. The number of nitrogens with zero attached hydrogens (tertiary/aromatic N) is 2. The van der Waals surface area contributed by atoms with Crippen LogP contribution in [0.5, 0.6) is 0 Å². The molecule has 4 aliphatic carbocycles. The lowest BCUT2D eigenvalue weighted by atomic mass is 9.49. The molecule has 2 aliphatic heterocycles. The van der Waals surface area contributed by atoms with Gasteiger partial charge in [-0.05, 0) is 87.5 Å². The largest absolute Gasteiger partial charge is 0.340 e. The maximum absolute atomic E-state index is 13.7. The van der Waals surface area contributed by atoms with Gasteiger partial charge in [0.1, 0.15) is 6.04 Å². The molecule has 6 aliphatic rings. The molecule has 2 unspecified atom stereocenters. The van der Waals surface area contributed by atoms with Crippen molar-refractivity contribution in [1.29, 1.82) is 0 Å². The van der Waals surface area contributed by atoms with Gasteiger partial charge in [-0.25, -0.2) is 0 Å². The van der Waals surface area contributed by atoms with E-state index in [1.807, 2.05) is 9.80 Å². The molecular formula is C22H35N3O2. The van der Waals surface area contributed by atoms with E-state index in [2.05, 4.69) is 6.92 Å². The van der Waals surface area contributed by atoms with Crippen LogP contribution in [0.1, 0.15) is 64.7 Å². The van der Waals surface area contributed by atoms with Crippen molar-refractivity contribution >= 4 is 11.8 Å². The second kappa shape index (κ2) is 6.20. The Bertz CT molecular complexity index is 612. The number of nitrogens with two attached hydrogens (primary N) is 1. The number of likely N-dealkylation sites (tertiary alicyclic amines) is 2. The van der Waals surface area contributed by atoms with Gasteiger partial charge < -0.3 is 15.5 Å². The molecule has 6 rings (SSSR count). The van der Waals surface area contributed by atoms with Crippen LogP contribution in [0.3, 0.4) is 0 Å². The van der Waals surface area contributed by atoms with Gasteiger partial charge in [-0.15, -0.1) is 0 Å². The van der Waals surface area contributed by atoms with Crippen LogP contribution < -0.4 is 5.73 Å². The van der Waals surface area contributed by atoms with Crippen molar-refractivity contribution < 1.29 is 9.59 Å². The molecule has 4 saturated carbocycles. The van der Waals surface area contributed by atoms with Crippen LogP contribution in [0.4, 0.5) is 0 Å². The first kappa shape index (κ1) is 18.0. The van der Waals surface area contributed by atoms with Gasteiger partial charge >= 0.3 is 0 Å². The minimum Gasteiger partial charge on any atom is -0.340 e. The van der Waals surface area contributed by atoms with Gasteiger partial charge in [0.15, 0.2) is 0 Å². The average molecular weight is 374 g/mol. The highest BCUT2D eigenvalue weighted by molar-refractivity contribution is 5.91. The predicted octanol–water partition coefficient (Wildman–Crippen LogP) is 2.39. The highest BCUT2D eigenvalue weighted by Crippen LogP contribution is 2.60. The molecule has 0 aromatic rings. The van der Waals surface area contributed by atoms with Gasteiger partial charge in [-0.1, -0.05) is 6.92 Å². The van der Waals surface area contributed by atoms with E-state index in [1.165, 1.54) is 19.3 Å². The van der Waals surface area contributed by atoms with Crippen molar-refractivity contribution in [2.75, 3.05) is 26.2 Å². The highest BCUT2D eigenvalue weighted by atomic mass is 16.2. The van der Waals surface area contributed by atoms with Gasteiger partial charge in [0.2, 0.25) is 11.8 Å². The molecule has 2 heterocycles. The van der Waals surface area contributed by atoms with Gasteiger partial charge in [0.25, 0.3) is 0 Å². The maximum atomic E-state index is 13.7. The topological polar surface area (TPSA) is 66.6 Å². The molecule has 0 spiro atoms. The zero-order valence-corrected chi connectivity index (χ0v) is 16.8. The monoisotopic (exact) mass is 373 g/mol. The molecule has 6 fully saturated rings. The Morgan fingerprint density at radius 1 is 1.04 bits per heavy atom. The van der Waals surface area contributed by atoms with Crippen molar-refractivity contribution in [3.63, 3.8) is 0 Å². The maximum Gasteiger partial charge on any atom is 0.245 e. The summed E-state index contributed by atoms with van der Waals surface area (Å²) in [6.45, 7) is 5.12. The van der Waals surface area contributed by atoms with Crippen LogP contribution in [0.2, 0.25) is 0 Å². The zero-order chi connectivity index (χ0) is 18.8. The molecule has 2 N–H and O–H groups in total. The molecule has 2 amide bonds. The Hall–Kier alpha value is -1.10. The van der Waals surface area contributed by atoms with Crippen LogP contribution in [-0.2, 0) is 9.59 Å². The van der Waals surface area contributed by atoms with Gasteiger partial charge in [0.05, 0.1) is 5.41 Å². The summed E-state index contributed by atoms with van der Waals surface area (Å²) in [7, 11) is 0. The van der Waals surface area contributed by atoms with Crippen LogP contribution >= 0.6 is 0 Å². The minimum atomic E-state index is -0.217. The lowest BCUT2D eigenvalue weighted by Gasteiger charge is -2.56. The van der Waals surface area contributed by atoms with E-state index in [4.69, 9.17) is 5.73 Å². The lowest BCUT2D eigenvalue weighted by molar-refractivity contribution is -0.161. The van der Waals surface area contributed by atoms with Gasteiger partial charge in [-0.3, -0.25) is 9.59 Å². The average Bonchev–Trinajstić information content (AvgIpc) is 3.27. The molecule has 2 saturated heterocycles. The first-order chi connectivity index (χ1) is 12.9. The number of rotatable bonds is 3. The lowest BCUT2D eigenvalue weighted by Crippen LogP contribution is -2.57. The third-order valence-electron chi connectivity index (χ3n) is 8.65. The molecule has 5 nitrogen and oxygen atoms in total. The molecule has 0 aromatic carbocycles. The van der Waals surface area contributed by atoms with E-state index in [1.54, 1.807) is 0 Å². The fourth-order valence-corrected chi connectivity index (χ4v) is 7.53. The summed E-state index contributed by atoms with van der Waals surface area (Å²) in [4.78, 5) is 31.0. The first-order valence-corrected chi connectivity index (χ1v) is 11.2. The summed E-state index contributed by atoms with van der Waals surface area (Å²) in [6, 6.07) is -0.217. The Morgan fingerprint density at radius 2 is 1.67 bits per heavy atom. The van der Waals surface area contributed by atoms with Crippen LogP contribution in [0.25, 0.3) is 0 Å². The van der Waals surface area contributed by atoms with Crippen LogP contribution in [0, 0.1) is 28.6 Å². The van der Waals surface area contributed by atoms with Crippen molar-refractivity contribution in [1.82, 2.24) is 9.80 Å². The van der Waals surface area contributed by atoms with Crippen molar-refractivity contribution in [3.05, 3.63) is 0 Å².